The SMILES string of the molecule is CC(C)c1cc(N2CCN(CCCO)CC2)n2nccc2n1. The van der Waals surface area contributed by atoms with Gasteiger partial charge in [-0.05, 0) is 12.3 Å². The van der Waals surface area contributed by atoms with Gasteiger partial charge in [-0.3, -0.25) is 4.90 Å². The summed E-state index contributed by atoms with van der Waals surface area (Å²) in [6.45, 7) is 9.64. The lowest BCUT2D eigenvalue weighted by Crippen LogP contribution is -2.47. The van der Waals surface area contributed by atoms with E-state index in [0.717, 1.165) is 56.3 Å². The van der Waals surface area contributed by atoms with Crippen molar-refractivity contribution in [1.82, 2.24) is 19.5 Å². The van der Waals surface area contributed by atoms with Gasteiger partial charge in [0.15, 0.2) is 5.65 Å². The van der Waals surface area contributed by atoms with Crippen molar-refractivity contribution in [2.24, 2.45) is 0 Å². The lowest BCUT2D eigenvalue weighted by molar-refractivity contribution is 0.215. The van der Waals surface area contributed by atoms with Gasteiger partial charge in [-0.25, -0.2) is 4.98 Å². The number of piperazine rings is 1. The highest BCUT2D eigenvalue weighted by atomic mass is 16.3. The monoisotopic (exact) mass is 303 g/mol. The summed E-state index contributed by atoms with van der Waals surface area (Å²) in [6, 6.07) is 4.14. The molecule has 1 fully saturated rings. The van der Waals surface area contributed by atoms with Gasteiger partial charge in [-0.1, -0.05) is 13.8 Å². The summed E-state index contributed by atoms with van der Waals surface area (Å²) >= 11 is 0. The van der Waals surface area contributed by atoms with E-state index in [-0.39, 0.29) is 6.61 Å². The molecule has 0 saturated carbocycles. The van der Waals surface area contributed by atoms with Crippen LogP contribution >= 0.6 is 0 Å². The molecule has 1 saturated heterocycles. The molecule has 0 aliphatic carbocycles. The molecule has 22 heavy (non-hydrogen) atoms. The van der Waals surface area contributed by atoms with Crippen molar-refractivity contribution in [1.29, 1.82) is 0 Å². The lowest BCUT2D eigenvalue weighted by Gasteiger charge is -2.36. The molecule has 0 bridgehead atoms. The molecule has 0 unspecified atom stereocenters. The molecular weight excluding hydrogens is 278 g/mol. The Bertz CT molecular complexity index is 616. The number of nitrogens with zero attached hydrogens (tertiary/aromatic N) is 5. The third kappa shape index (κ3) is 3.08. The zero-order chi connectivity index (χ0) is 15.5. The molecule has 0 atom stereocenters. The number of aromatic nitrogens is 3. The Balaban J connectivity index is 1.80. The van der Waals surface area contributed by atoms with E-state index in [1.807, 2.05) is 16.8 Å². The van der Waals surface area contributed by atoms with Gasteiger partial charge in [0.05, 0.1) is 6.20 Å². The van der Waals surface area contributed by atoms with Gasteiger partial charge >= 0.3 is 0 Å². The molecule has 120 valence electrons. The molecule has 3 rings (SSSR count). The van der Waals surface area contributed by atoms with Crippen LogP contribution in [0.25, 0.3) is 5.65 Å². The maximum absolute atomic E-state index is 8.95. The molecule has 6 nitrogen and oxygen atoms in total. The smallest absolute Gasteiger partial charge is 0.157 e. The van der Waals surface area contributed by atoms with Crippen molar-refractivity contribution >= 4 is 11.5 Å². The fourth-order valence-corrected chi connectivity index (χ4v) is 2.93. The molecule has 6 heteroatoms. The van der Waals surface area contributed by atoms with Crippen LogP contribution in [0.3, 0.4) is 0 Å². The number of aliphatic hydroxyl groups is 1. The van der Waals surface area contributed by atoms with Crippen LogP contribution in [0.1, 0.15) is 31.9 Å². The Hall–Kier alpha value is -1.66. The van der Waals surface area contributed by atoms with E-state index in [2.05, 4.69) is 39.8 Å². The highest BCUT2D eigenvalue weighted by molar-refractivity contribution is 5.51. The summed E-state index contributed by atoms with van der Waals surface area (Å²) in [7, 11) is 0. The normalized spacial score (nSPS) is 16.8. The fourth-order valence-electron chi connectivity index (χ4n) is 2.93. The van der Waals surface area contributed by atoms with Crippen LogP contribution in [0.2, 0.25) is 0 Å². The molecule has 2 aromatic rings. The Morgan fingerprint density at radius 2 is 2.00 bits per heavy atom. The second-order valence-electron chi connectivity index (χ2n) is 6.20. The molecular formula is C16H25N5O. The van der Waals surface area contributed by atoms with Gasteiger partial charge in [0.2, 0.25) is 0 Å². The quantitative estimate of drug-likeness (QED) is 0.904. The zero-order valence-corrected chi connectivity index (χ0v) is 13.4. The first-order valence-corrected chi connectivity index (χ1v) is 8.12. The molecule has 0 radical (unpaired) electrons. The summed E-state index contributed by atoms with van der Waals surface area (Å²) in [5.41, 5.74) is 2.04. The molecule has 2 aromatic heterocycles. The van der Waals surface area contributed by atoms with E-state index in [9.17, 15) is 0 Å². The van der Waals surface area contributed by atoms with Crippen molar-refractivity contribution in [3.8, 4) is 0 Å². The zero-order valence-electron chi connectivity index (χ0n) is 13.4. The van der Waals surface area contributed by atoms with Crippen LogP contribution in [0.15, 0.2) is 18.3 Å². The third-order valence-electron chi connectivity index (χ3n) is 4.28. The maximum Gasteiger partial charge on any atom is 0.157 e. The maximum atomic E-state index is 8.95. The minimum absolute atomic E-state index is 0.274. The number of hydrogen-bond donors (Lipinski definition) is 1. The molecule has 1 aliphatic heterocycles. The van der Waals surface area contributed by atoms with E-state index in [4.69, 9.17) is 5.11 Å². The number of hydrogen-bond acceptors (Lipinski definition) is 5. The summed E-state index contributed by atoms with van der Waals surface area (Å²) in [6.07, 6.45) is 2.67. The Morgan fingerprint density at radius 1 is 1.23 bits per heavy atom. The van der Waals surface area contributed by atoms with E-state index >= 15 is 0 Å². The molecule has 0 spiro atoms. The van der Waals surface area contributed by atoms with Gasteiger partial charge in [0.1, 0.15) is 5.82 Å². The predicted octanol–water partition coefficient (Wildman–Crippen LogP) is 1.36. The van der Waals surface area contributed by atoms with Gasteiger partial charge < -0.3 is 10.0 Å². The first-order valence-electron chi connectivity index (χ1n) is 8.12. The average molecular weight is 303 g/mol. The first kappa shape index (κ1) is 15.2. The van der Waals surface area contributed by atoms with E-state index in [1.54, 1.807) is 0 Å². The number of fused-ring (bicyclic) bond motifs is 1. The molecule has 1 N–H and O–H groups in total. The number of aliphatic hydroxyl groups excluding tert-OH is 1. The molecule has 3 heterocycles. The van der Waals surface area contributed by atoms with E-state index in [0.29, 0.717) is 5.92 Å². The summed E-state index contributed by atoms with van der Waals surface area (Å²) in [5.74, 6) is 1.55. The van der Waals surface area contributed by atoms with Gasteiger partial charge in [0.25, 0.3) is 0 Å². The highest BCUT2D eigenvalue weighted by Gasteiger charge is 2.20. The summed E-state index contributed by atoms with van der Waals surface area (Å²) in [5, 5.41) is 13.4. The van der Waals surface area contributed by atoms with Crippen LogP contribution in [0.4, 0.5) is 5.82 Å². The van der Waals surface area contributed by atoms with Crippen LogP contribution in [-0.4, -0.2) is 63.9 Å². The topological polar surface area (TPSA) is 56.9 Å². The lowest BCUT2D eigenvalue weighted by atomic mass is 10.1. The number of anilines is 1. The minimum Gasteiger partial charge on any atom is -0.396 e. The van der Waals surface area contributed by atoms with E-state index in [1.165, 1.54) is 0 Å². The van der Waals surface area contributed by atoms with E-state index < -0.39 is 0 Å². The molecule has 1 aliphatic rings. The minimum atomic E-state index is 0.274. The van der Waals surface area contributed by atoms with Gasteiger partial charge in [0, 0.05) is 57.2 Å². The van der Waals surface area contributed by atoms with Crippen molar-refractivity contribution in [2.75, 3.05) is 44.2 Å². The van der Waals surface area contributed by atoms with Crippen LogP contribution in [-0.2, 0) is 0 Å². The van der Waals surface area contributed by atoms with Crippen molar-refractivity contribution < 1.29 is 5.11 Å². The summed E-state index contributed by atoms with van der Waals surface area (Å²) in [4.78, 5) is 9.49. The van der Waals surface area contributed by atoms with Crippen LogP contribution in [0.5, 0.6) is 0 Å². The van der Waals surface area contributed by atoms with Crippen molar-refractivity contribution in [2.45, 2.75) is 26.2 Å². The third-order valence-corrected chi connectivity index (χ3v) is 4.28. The standard InChI is InChI=1S/C16H25N5O/c1-13(2)14-12-16(21-15(18-14)4-5-17-21)20-9-7-19(8-10-20)6-3-11-22/h4-5,12-13,22H,3,6-11H2,1-2H3. The Kier molecular flexibility index (Phi) is 4.59. The van der Waals surface area contributed by atoms with Crippen LogP contribution in [0, 0.1) is 0 Å². The second-order valence-corrected chi connectivity index (χ2v) is 6.20. The molecule has 0 amide bonds. The van der Waals surface area contributed by atoms with Crippen LogP contribution < -0.4 is 4.90 Å². The summed E-state index contributed by atoms with van der Waals surface area (Å²) < 4.78 is 1.94. The Labute approximate surface area is 131 Å². The first-order chi connectivity index (χ1) is 10.7. The largest absolute Gasteiger partial charge is 0.396 e. The number of rotatable bonds is 5. The van der Waals surface area contributed by atoms with Crippen molar-refractivity contribution in [3.05, 3.63) is 24.0 Å². The predicted molar refractivity (Wildman–Crippen MR) is 87.4 cm³/mol. The average Bonchev–Trinajstić information content (AvgIpc) is 3.01. The van der Waals surface area contributed by atoms with Gasteiger partial charge in [-0.2, -0.15) is 9.61 Å². The highest BCUT2D eigenvalue weighted by Crippen LogP contribution is 2.22. The Morgan fingerprint density at radius 3 is 2.68 bits per heavy atom. The fraction of sp³-hybridized carbons (Fsp3) is 0.625. The van der Waals surface area contributed by atoms with Gasteiger partial charge in [-0.15, -0.1) is 0 Å². The van der Waals surface area contributed by atoms with Crippen molar-refractivity contribution in [3.63, 3.8) is 0 Å². The second kappa shape index (κ2) is 6.62. The molecule has 0 aromatic carbocycles.